The van der Waals surface area contributed by atoms with E-state index in [0.29, 0.717) is 23.9 Å². The third-order valence-corrected chi connectivity index (χ3v) is 5.42. The van der Waals surface area contributed by atoms with E-state index in [1.54, 1.807) is 6.07 Å². The van der Waals surface area contributed by atoms with Crippen molar-refractivity contribution in [3.05, 3.63) is 28.8 Å². The predicted molar refractivity (Wildman–Crippen MR) is 81.1 cm³/mol. The number of halogens is 1. The molecule has 0 aromatic heterocycles. The second-order valence-electron chi connectivity index (χ2n) is 5.02. The number of rotatable bonds is 5. The highest BCUT2D eigenvalue weighted by molar-refractivity contribution is 7.91. The van der Waals surface area contributed by atoms with Crippen LogP contribution in [0.4, 0.5) is 0 Å². The predicted octanol–water partition coefficient (Wildman–Crippen LogP) is 2.41. The maximum absolute atomic E-state index is 11.6. The molecule has 0 spiro atoms. The van der Waals surface area contributed by atoms with Gasteiger partial charge in [0.25, 0.3) is 0 Å². The highest BCUT2D eigenvalue weighted by Crippen LogP contribution is 2.23. The lowest BCUT2D eigenvalue weighted by Gasteiger charge is -2.23. The van der Waals surface area contributed by atoms with E-state index >= 15 is 0 Å². The zero-order valence-corrected chi connectivity index (χ0v) is 13.1. The number of ether oxygens (including phenoxy) is 1. The Labute approximate surface area is 125 Å². The summed E-state index contributed by atoms with van der Waals surface area (Å²) in [5, 5.41) is 3.96. The summed E-state index contributed by atoms with van der Waals surface area (Å²) in [5.74, 6) is 1.33. The summed E-state index contributed by atoms with van der Waals surface area (Å²) >= 11 is 6.00. The molecule has 1 saturated heterocycles. The van der Waals surface area contributed by atoms with Crippen molar-refractivity contribution in [1.82, 2.24) is 5.32 Å². The first-order chi connectivity index (χ1) is 9.50. The average Bonchev–Trinajstić information content (AvgIpc) is 2.38. The zero-order chi connectivity index (χ0) is 14.6. The van der Waals surface area contributed by atoms with Crippen molar-refractivity contribution in [2.45, 2.75) is 32.4 Å². The molecular weight excluding hydrogens is 298 g/mol. The van der Waals surface area contributed by atoms with Gasteiger partial charge in [0.15, 0.2) is 9.84 Å². The van der Waals surface area contributed by atoms with Crippen LogP contribution in [0.3, 0.4) is 0 Å². The molecule has 0 saturated carbocycles. The van der Waals surface area contributed by atoms with Crippen molar-refractivity contribution in [3.8, 4) is 5.75 Å². The first-order valence-corrected chi connectivity index (χ1v) is 9.05. The lowest BCUT2D eigenvalue weighted by Crippen LogP contribution is -2.39. The van der Waals surface area contributed by atoms with E-state index in [1.807, 2.05) is 19.1 Å². The molecule has 0 bridgehead atoms. The molecule has 4 nitrogen and oxygen atoms in total. The summed E-state index contributed by atoms with van der Waals surface area (Å²) in [6.07, 6.45) is 1.62. The Morgan fingerprint density at radius 1 is 1.45 bits per heavy atom. The minimum absolute atomic E-state index is 0.0159. The van der Waals surface area contributed by atoms with Crippen LogP contribution in [0.1, 0.15) is 25.3 Å². The van der Waals surface area contributed by atoms with Gasteiger partial charge in [0.2, 0.25) is 0 Å². The SMILES string of the molecule is CCOc1ccc(Cl)cc1CNC1CCCS(=O)(=O)C1. The van der Waals surface area contributed by atoms with Crippen LogP contribution in [0.15, 0.2) is 18.2 Å². The monoisotopic (exact) mass is 317 g/mol. The van der Waals surface area contributed by atoms with E-state index in [0.717, 1.165) is 24.2 Å². The van der Waals surface area contributed by atoms with Crippen molar-refractivity contribution in [1.29, 1.82) is 0 Å². The van der Waals surface area contributed by atoms with Gasteiger partial charge in [0, 0.05) is 23.2 Å². The van der Waals surface area contributed by atoms with Crippen molar-refractivity contribution in [2.75, 3.05) is 18.1 Å². The molecule has 0 radical (unpaired) electrons. The highest BCUT2D eigenvalue weighted by Gasteiger charge is 2.24. The normalized spacial score (nSPS) is 21.6. The van der Waals surface area contributed by atoms with Crippen LogP contribution in [0.5, 0.6) is 5.75 Å². The van der Waals surface area contributed by atoms with Crippen LogP contribution in [0.2, 0.25) is 5.02 Å². The summed E-state index contributed by atoms with van der Waals surface area (Å²) in [7, 11) is -2.88. The Morgan fingerprint density at radius 3 is 2.95 bits per heavy atom. The maximum Gasteiger partial charge on any atom is 0.151 e. The number of nitrogens with one attached hydrogen (secondary N) is 1. The van der Waals surface area contributed by atoms with Gasteiger partial charge >= 0.3 is 0 Å². The number of hydrogen-bond acceptors (Lipinski definition) is 4. The molecule has 20 heavy (non-hydrogen) atoms. The van der Waals surface area contributed by atoms with Crippen molar-refractivity contribution in [2.24, 2.45) is 0 Å². The molecule has 1 aromatic carbocycles. The standard InChI is InChI=1S/C14H20ClNO3S/c1-2-19-14-6-5-12(15)8-11(14)9-16-13-4-3-7-20(17,18)10-13/h5-6,8,13,16H,2-4,7,9-10H2,1H3. The van der Waals surface area contributed by atoms with Crippen LogP contribution in [0.25, 0.3) is 0 Å². The van der Waals surface area contributed by atoms with Gasteiger partial charge in [-0.25, -0.2) is 8.42 Å². The molecule has 2 rings (SSSR count). The molecule has 1 fully saturated rings. The van der Waals surface area contributed by atoms with Crippen LogP contribution >= 0.6 is 11.6 Å². The van der Waals surface area contributed by atoms with E-state index in [9.17, 15) is 8.42 Å². The lowest BCUT2D eigenvalue weighted by molar-refractivity contribution is 0.334. The van der Waals surface area contributed by atoms with E-state index < -0.39 is 9.84 Å². The van der Waals surface area contributed by atoms with E-state index in [2.05, 4.69) is 5.32 Å². The van der Waals surface area contributed by atoms with Gasteiger partial charge in [-0.2, -0.15) is 0 Å². The molecule has 1 heterocycles. The zero-order valence-electron chi connectivity index (χ0n) is 11.6. The van der Waals surface area contributed by atoms with Crippen LogP contribution in [-0.2, 0) is 16.4 Å². The lowest BCUT2D eigenvalue weighted by atomic mass is 10.1. The molecule has 1 atom stereocenters. The van der Waals surface area contributed by atoms with Crippen molar-refractivity contribution < 1.29 is 13.2 Å². The largest absolute Gasteiger partial charge is 0.494 e. The molecule has 1 aliphatic heterocycles. The van der Waals surface area contributed by atoms with Crippen molar-refractivity contribution in [3.63, 3.8) is 0 Å². The average molecular weight is 318 g/mol. The summed E-state index contributed by atoms with van der Waals surface area (Å²) < 4.78 is 28.8. The summed E-state index contributed by atoms with van der Waals surface area (Å²) in [6, 6.07) is 5.51. The minimum Gasteiger partial charge on any atom is -0.494 e. The fraction of sp³-hybridized carbons (Fsp3) is 0.571. The number of hydrogen-bond donors (Lipinski definition) is 1. The second-order valence-corrected chi connectivity index (χ2v) is 7.68. The van der Waals surface area contributed by atoms with E-state index in [-0.39, 0.29) is 11.8 Å². The molecule has 1 N–H and O–H groups in total. The molecule has 1 aliphatic rings. The summed E-state index contributed by atoms with van der Waals surface area (Å²) in [6.45, 7) is 3.09. The summed E-state index contributed by atoms with van der Waals surface area (Å²) in [5.41, 5.74) is 0.960. The third-order valence-electron chi connectivity index (χ3n) is 3.37. The first kappa shape index (κ1) is 15.6. The number of benzene rings is 1. The Hall–Kier alpha value is -0.780. The Bertz CT molecular complexity index is 560. The van der Waals surface area contributed by atoms with Gasteiger partial charge in [-0.3, -0.25) is 0 Å². The van der Waals surface area contributed by atoms with Crippen LogP contribution in [-0.4, -0.2) is 32.6 Å². The molecule has 112 valence electrons. The van der Waals surface area contributed by atoms with Gasteiger partial charge in [-0.05, 0) is 38.0 Å². The fourth-order valence-corrected chi connectivity index (χ4v) is 4.29. The van der Waals surface area contributed by atoms with Gasteiger partial charge in [0.1, 0.15) is 5.75 Å². The maximum atomic E-state index is 11.6. The molecule has 0 aliphatic carbocycles. The first-order valence-electron chi connectivity index (χ1n) is 6.85. The topological polar surface area (TPSA) is 55.4 Å². The van der Waals surface area contributed by atoms with Gasteiger partial charge in [0.05, 0.1) is 18.1 Å². The van der Waals surface area contributed by atoms with Gasteiger partial charge < -0.3 is 10.1 Å². The molecule has 1 unspecified atom stereocenters. The molecular formula is C14H20ClNO3S. The Morgan fingerprint density at radius 2 is 2.25 bits per heavy atom. The van der Waals surface area contributed by atoms with Crippen molar-refractivity contribution >= 4 is 21.4 Å². The van der Waals surface area contributed by atoms with E-state index in [4.69, 9.17) is 16.3 Å². The Kier molecular flexibility index (Phi) is 5.29. The van der Waals surface area contributed by atoms with Crippen LogP contribution < -0.4 is 10.1 Å². The molecule has 1 aromatic rings. The summed E-state index contributed by atoms with van der Waals surface area (Å²) in [4.78, 5) is 0. The minimum atomic E-state index is -2.88. The fourth-order valence-electron chi connectivity index (χ4n) is 2.42. The Balaban J connectivity index is 2.01. The quantitative estimate of drug-likeness (QED) is 0.906. The molecule has 0 amide bonds. The van der Waals surface area contributed by atoms with E-state index in [1.165, 1.54) is 0 Å². The third kappa shape index (κ3) is 4.36. The smallest absolute Gasteiger partial charge is 0.151 e. The molecule has 6 heteroatoms. The second kappa shape index (κ2) is 6.78. The number of sulfone groups is 1. The van der Waals surface area contributed by atoms with Gasteiger partial charge in [-0.15, -0.1) is 0 Å². The highest BCUT2D eigenvalue weighted by atomic mass is 35.5. The van der Waals surface area contributed by atoms with Crippen LogP contribution in [0, 0.1) is 0 Å². The van der Waals surface area contributed by atoms with Gasteiger partial charge in [-0.1, -0.05) is 11.6 Å².